The average molecular weight is 406 g/mol. The van der Waals surface area contributed by atoms with Crippen LogP contribution in [0.25, 0.3) is 5.65 Å². The normalized spacial score (nSPS) is 12.8. The lowest BCUT2D eigenvalue weighted by Crippen LogP contribution is -2.16. The summed E-state index contributed by atoms with van der Waals surface area (Å²) in [6.07, 6.45) is 5.25. The molecule has 1 aromatic carbocycles. The van der Waals surface area contributed by atoms with E-state index < -0.39 is 11.0 Å². The van der Waals surface area contributed by atoms with Gasteiger partial charge in [-0.1, -0.05) is 6.07 Å². The van der Waals surface area contributed by atoms with Crippen molar-refractivity contribution in [1.82, 2.24) is 13.8 Å². The van der Waals surface area contributed by atoms with Crippen LogP contribution in [-0.4, -0.2) is 31.3 Å². The highest BCUT2D eigenvalue weighted by Gasteiger charge is 2.12. The minimum Gasteiger partial charge on any atom is -0.399 e. The minimum atomic E-state index is -1.43. The number of hydrogen-bond donors (Lipinski definition) is 1. The molecule has 2 heterocycles. The van der Waals surface area contributed by atoms with Gasteiger partial charge in [-0.3, -0.25) is 4.40 Å². The standard InChI is InChI=1S/C16H16BrN5OS/c1-11-3-5-13(18)7-15(11)24(23)21(2)20-9-14-8-19-16-6-4-12(17)10-22(14)16/h3-10H,18H2,1-2H3/b20-9+. The smallest absolute Gasteiger partial charge is 0.169 e. The Balaban J connectivity index is 1.86. The Morgan fingerprint density at radius 3 is 2.96 bits per heavy atom. The van der Waals surface area contributed by atoms with Crippen LogP contribution >= 0.6 is 15.9 Å². The SMILES string of the molecule is Cc1ccc(N)cc1S(=O)N(C)/N=C/c1cnc2ccc(Br)cn12. The third kappa shape index (κ3) is 3.34. The first kappa shape index (κ1) is 16.7. The Hall–Kier alpha value is -2.19. The number of nitrogens with zero attached hydrogens (tertiary/aromatic N) is 4. The molecule has 124 valence electrons. The lowest BCUT2D eigenvalue weighted by atomic mass is 10.2. The number of aryl methyl sites for hydroxylation is 1. The number of halogens is 1. The number of hydrogen-bond acceptors (Lipinski definition) is 4. The molecule has 0 saturated carbocycles. The maximum absolute atomic E-state index is 12.6. The van der Waals surface area contributed by atoms with E-state index in [1.165, 1.54) is 4.41 Å². The van der Waals surface area contributed by atoms with Gasteiger partial charge in [-0.15, -0.1) is 0 Å². The number of rotatable bonds is 4. The second-order valence-corrected chi connectivity index (χ2v) is 7.62. The number of imidazole rings is 1. The van der Waals surface area contributed by atoms with Crippen molar-refractivity contribution in [3.63, 3.8) is 0 Å². The summed E-state index contributed by atoms with van der Waals surface area (Å²) < 4.78 is 16.9. The zero-order chi connectivity index (χ0) is 17.3. The van der Waals surface area contributed by atoms with Crippen molar-refractivity contribution < 1.29 is 4.21 Å². The maximum Gasteiger partial charge on any atom is 0.169 e. The molecule has 2 N–H and O–H groups in total. The predicted molar refractivity (Wildman–Crippen MR) is 100 cm³/mol. The Morgan fingerprint density at radius 1 is 1.38 bits per heavy atom. The lowest BCUT2D eigenvalue weighted by molar-refractivity contribution is 0.556. The van der Waals surface area contributed by atoms with E-state index in [9.17, 15) is 4.21 Å². The van der Waals surface area contributed by atoms with Crippen LogP contribution in [0.1, 0.15) is 11.3 Å². The van der Waals surface area contributed by atoms with E-state index in [-0.39, 0.29) is 0 Å². The van der Waals surface area contributed by atoms with E-state index in [1.807, 2.05) is 35.7 Å². The Morgan fingerprint density at radius 2 is 2.17 bits per heavy atom. The molecule has 1 atom stereocenters. The molecule has 3 rings (SSSR count). The molecule has 1 unspecified atom stereocenters. The van der Waals surface area contributed by atoms with Crippen LogP contribution in [0.2, 0.25) is 0 Å². The van der Waals surface area contributed by atoms with Gasteiger partial charge in [-0.25, -0.2) is 13.6 Å². The Labute approximate surface area is 150 Å². The van der Waals surface area contributed by atoms with E-state index in [4.69, 9.17) is 5.73 Å². The van der Waals surface area contributed by atoms with Crippen LogP contribution in [0.3, 0.4) is 0 Å². The summed E-state index contributed by atoms with van der Waals surface area (Å²) in [5.41, 5.74) is 8.87. The molecule has 24 heavy (non-hydrogen) atoms. The van der Waals surface area contributed by atoms with Gasteiger partial charge in [0.05, 0.1) is 23.0 Å². The molecule has 0 radical (unpaired) electrons. The second-order valence-electron chi connectivity index (χ2n) is 5.24. The van der Waals surface area contributed by atoms with Crippen molar-refractivity contribution in [2.45, 2.75) is 11.8 Å². The van der Waals surface area contributed by atoms with Gasteiger partial charge in [0.2, 0.25) is 0 Å². The topological polar surface area (TPSA) is 76.0 Å². The van der Waals surface area contributed by atoms with Crippen LogP contribution in [0.5, 0.6) is 0 Å². The van der Waals surface area contributed by atoms with Crippen LogP contribution in [-0.2, 0) is 11.0 Å². The van der Waals surface area contributed by atoms with Crippen molar-refractivity contribution in [1.29, 1.82) is 0 Å². The first-order valence-corrected chi connectivity index (χ1v) is 9.04. The number of aromatic nitrogens is 2. The van der Waals surface area contributed by atoms with E-state index in [0.717, 1.165) is 21.4 Å². The minimum absolute atomic E-state index is 0.577. The second kappa shape index (κ2) is 6.74. The molecule has 0 aliphatic heterocycles. The van der Waals surface area contributed by atoms with Crippen LogP contribution in [0, 0.1) is 6.92 Å². The summed E-state index contributed by atoms with van der Waals surface area (Å²) >= 11 is 3.44. The first-order chi connectivity index (χ1) is 11.5. The summed E-state index contributed by atoms with van der Waals surface area (Å²) in [6, 6.07) is 9.17. The van der Waals surface area contributed by atoms with Gasteiger partial charge < -0.3 is 5.73 Å². The van der Waals surface area contributed by atoms with Gasteiger partial charge in [0.25, 0.3) is 0 Å². The number of hydrazone groups is 1. The molecule has 8 heteroatoms. The number of nitrogens with two attached hydrogens (primary N) is 1. The van der Waals surface area contributed by atoms with Crippen molar-refractivity contribution in [2.24, 2.45) is 5.10 Å². The number of nitrogen functional groups attached to an aromatic ring is 1. The number of fused-ring (bicyclic) bond motifs is 1. The highest BCUT2D eigenvalue weighted by atomic mass is 79.9. The monoisotopic (exact) mass is 405 g/mol. The van der Waals surface area contributed by atoms with Gasteiger partial charge >= 0.3 is 0 Å². The molecule has 0 aliphatic rings. The summed E-state index contributed by atoms with van der Waals surface area (Å²) in [5.74, 6) is 0. The largest absolute Gasteiger partial charge is 0.399 e. The van der Waals surface area contributed by atoms with Gasteiger partial charge in [0.1, 0.15) is 5.65 Å². The third-order valence-electron chi connectivity index (χ3n) is 3.49. The molecule has 0 amide bonds. The fraction of sp³-hybridized carbons (Fsp3) is 0.125. The van der Waals surface area contributed by atoms with E-state index in [0.29, 0.717) is 10.6 Å². The van der Waals surface area contributed by atoms with Crippen LogP contribution in [0.15, 0.2) is 57.2 Å². The quantitative estimate of drug-likeness (QED) is 0.411. The van der Waals surface area contributed by atoms with Gasteiger partial charge in [-0.2, -0.15) is 5.10 Å². The molecule has 2 aromatic heterocycles. The van der Waals surface area contributed by atoms with Crippen LogP contribution in [0.4, 0.5) is 5.69 Å². The summed E-state index contributed by atoms with van der Waals surface area (Å²) in [7, 11) is 0.228. The Kier molecular flexibility index (Phi) is 4.68. The first-order valence-electron chi connectivity index (χ1n) is 7.14. The molecular formula is C16H16BrN5OS. The van der Waals surface area contributed by atoms with Crippen molar-refractivity contribution in [3.05, 3.63) is 58.5 Å². The number of benzene rings is 1. The maximum atomic E-state index is 12.6. The molecular weight excluding hydrogens is 390 g/mol. The Bertz CT molecular complexity index is 953. The summed E-state index contributed by atoms with van der Waals surface area (Å²) in [6.45, 7) is 1.90. The van der Waals surface area contributed by atoms with Crippen LogP contribution < -0.4 is 5.73 Å². The van der Waals surface area contributed by atoms with Gasteiger partial charge in [-0.05, 0) is 52.7 Å². The predicted octanol–water partition coefficient (Wildman–Crippen LogP) is 2.98. The molecule has 0 saturated heterocycles. The summed E-state index contributed by atoms with van der Waals surface area (Å²) in [4.78, 5) is 4.96. The fourth-order valence-electron chi connectivity index (χ4n) is 2.20. The molecule has 0 spiro atoms. The summed E-state index contributed by atoms with van der Waals surface area (Å²) in [5, 5.41) is 4.28. The highest BCUT2D eigenvalue weighted by molar-refractivity contribution is 9.10. The van der Waals surface area contributed by atoms with E-state index in [2.05, 4.69) is 26.0 Å². The van der Waals surface area contributed by atoms with Crippen molar-refractivity contribution >= 4 is 44.5 Å². The van der Waals surface area contributed by atoms with Crippen molar-refractivity contribution in [2.75, 3.05) is 12.8 Å². The number of pyridine rings is 1. The fourth-order valence-corrected chi connectivity index (χ4v) is 3.53. The molecule has 6 nitrogen and oxygen atoms in total. The van der Waals surface area contributed by atoms with Gasteiger partial charge in [0.15, 0.2) is 11.0 Å². The molecule has 3 aromatic rings. The molecule has 0 fully saturated rings. The van der Waals surface area contributed by atoms with E-state index >= 15 is 0 Å². The van der Waals surface area contributed by atoms with Gasteiger partial charge in [0, 0.05) is 23.4 Å². The number of anilines is 1. The van der Waals surface area contributed by atoms with Crippen molar-refractivity contribution in [3.8, 4) is 0 Å². The lowest BCUT2D eigenvalue weighted by Gasteiger charge is -2.13. The van der Waals surface area contributed by atoms with E-state index in [1.54, 1.807) is 31.6 Å². The average Bonchev–Trinajstić information content (AvgIpc) is 2.96. The third-order valence-corrected chi connectivity index (χ3v) is 5.35. The highest BCUT2D eigenvalue weighted by Crippen LogP contribution is 2.19. The zero-order valence-electron chi connectivity index (χ0n) is 13.2. The molecule has 0 aliphatic carbocycles. The molecule has 0 bridgehead atoms. The zero-order valence-corrected chi connectivity index (χ0v) is 15.6.